The molecule has 1 atom stereocenters. The number of hydrogen-bond donors (Lipinski definition) is 1. The minimum atomic E-state index is -0.811. The van der Waals surface area contributed by atoms with Gasteiger partial charge in [0, 0.05) is 13.1 Å². The molecular formula is C17H23NO3. The molecule has 1 saturated heterocycles. The van der Waals surface area contributed by atoms with Crippen molar-refractivity contribution in [2.45, 2.75) is 39.5 Å². The average Bonchev–Trinajstić information content (AvgIpc) is 2.47. The second kappa shape index (κ2) is 6.29. The number of carbonyl (C=O) groups is 2. The van der Waals surface area contributed by atoms with Gasteiger partial charge in [0.1, 0.15) is 0 Å². The fourth-order valence-electron chi connectivity index (χ4n) is 2.98. The Kier molecular flexibility index (Phi) is 4.66. The van der Waals surface area contributed by atoms with E-state index in [0.29, 0.717) is 25.9 Å². The molecular weight excluding hydrogens is 266 g/mol. The minimum absolute atomic E-state index is 0.0306. The maximum Gasteiger partial charge on any atom is 0.311 e. The maximum atomic E-state index is 12.5. The number of nitrogens with zero attached hydrogens (tertiary/aromatic N) is 1. The molecule has 4 heteroatoms. The van der Waals surface area contributed by atoms with Crippen LogP contribution in [0.3, 0.4) is 0 Å². The van der Waals surface area contributed by atoms with Crippen molar-refractivity contribution in [1.82, 2.24) is 4.90 Å². The number of hydrogen-bond acceptors (Lipinski definition) is 2. The summed E-state index contributed by atoms with van der Waals surface area (Å²) in [5.41, 5.74) is 1.43. The molecule has 1 amide bonds. The van der Waals surface area contributed by atoms with Crippen molar-refractivity contribution in [2.75, 3.05) is 13.1 Å². The number of carboxylic acids is 1. The van der Waals surface area contributed by atoms with Crippen LogP contribution in [-0.2, 0) is 22.4 Å². The summed E-state index contributed by atoms with van der Waals surface area (Å²) < 4.78 is 0. The Hall–Kier alpha value is -1.84. The first-order valence-electron chi connectivity index (χ1n) is 7.54. The zero-order valence-electron chi connectivity index (χ0n) is 12.8. The Morgan fingerprint density at radius 1 is 1.29 bits per heavy atom. The highest BCUT2D eigenvalue weighted by Crippen LogP contribution is 2.30. The molecule has 1 aromatic carbocycles. The first-order chi connectivity index (χ1) is 9.96. The van der Waals surface area contributed by atoms with E-state index < -0.39 is 11.4 Å². The number of aryl methyl sites for hydroxylation is 1. The summed E-state index contributed by atoms with van der Waals surface area (Å²) in [7, 11) is 0. The van der Waals surface area contributed by atoms with Gasteiger partial charge in [0.2, 0.25) is 5.91 Å². The highest BCUT2D eigenvalue weighted by atomic mass is 16.4. The lowest BCUT2D eigenvalue weighted by Crippen LogP contribution is -2.48. The number of rotatable bonds is 4. The van der Waals surface area contributed by atoms with E-state index in [2.05, 4.69) is 6.92 Å². The first kappa shape index (κ1) is 15.5. The number of aliphatic carboxylic acids is 1. The molecule has 1 fully saturated rings. The Morgan fingerprint density at radius 3 is 2.57 bits per heavy atom. The van der Waals surface area contributed by atoms with Gasteiger partial charge in [0.05, 0.1) is 11.8 Å². The van der Waals surface area contributed by atoms with Crippen LogP contribution in [0.4, 0.5) is 0 Å². The fourth-order valence-corrected chi connectivity index (χ4v) is 2.98. The summed E-state index contributed by atoms with van der Waals surface area (Å²) in [4.78, 5) is 25.6. The zero-order valence-corrected chi connectivity index (χ0v) is 12.8. The topological polar surface area (TPSA) is 57.6 Å². The van der Waals surface area contributed by atoms with E-state index >= 15 is 0 Å². The van der Waals surface area contributed by atoms with Crippen LogP contribution in [0.2, 0.25) is 0 Å². The largest absolute Gasteiger partial charge is 0.481 e. The number of carbonyl (C=O) groups excluding carboxylic acids is 1. The Morgan fingerprint density at radius 2 is 1.95 bits per heavy atom. The third-order valence-corrected chi connectivity index (χ3v) is 4.41. The maximum absolute atomic E-state index is 12.5. The van der Waals surface area contributed by atoms with Crippen LogP contribution >= 0.6 is 0 Å². The van der Waals surface area contributed by atoms with E-state index in [1.807, 2.05) is 24.3 Å². The lowest BCUT2D eigenvalue weighted by Gasteiger charge is -2.37. The predicted octanol–water partition coefficient (Wildman–Crippen LogP) is 2.50. The van der Waals surface area contributed by atoms with Crippen LogP contribution in [-0.4, -0.2) is 35.0 Å². The highest BCUT2D eigenvalue weighted by Gasteiger charge is 2.39. The van der Waals surface area contributed by atoms with Crippen molar-refractivity contribution in [3.63, 3.8) is 0 Å². The molecule has 1 heterocycles. The smallest absolute Gasteiger partial charge is 0.311 e. The van der Waals surface area contributed by atoms with E-state index in [1.54, 1.807) is 11.8 Å². The predicted molar refractivity (Wildman–Crippen MR) is 81.1 cm³/mol. The molecule has 4 nitrogen and oxygen atoms in total. The Balaban J connectivity index is 2.08. The lowest BCUT2D eigenvalue weighted by molar-refractivity contribution is -0.153. The average molecular weight is 289 g/mol. The molecule has 0 saturated carbocycles. The first-order valence-corrected chi connectivity index (χ1v) is 7.54. The monoisotopic (exact) mass is 289 g/mol. The molecule has 1 unspecified atom stereocenters. The summed E-state index contributed by atoms with van der Waals surface area (Å²) in [6.07, 6.45) is 2.65. The second-order valence-corrected chi connectivity index (χ2v) is 6.08. The van der Waals surface area contributed by atoms with Gasteiger partial charge in [-0.3, -0.25) is 9.59 Å². The number of likely N-dealkylation sites (tertiary alicyclic amines) is 1. The van der Waals surface area contributed by atoms with Crippen LogP contribution < -0.4 is 0 Å². The summed E-state index contributed by atoms with van der Waals surface area (Å²) in [6.45, 7) is 4.78. The van der Waals surface area contributed by atoms with Gasteiger partial charge in [-0.05, 0) is 37.3 Å². The number of amides is 1. The summed E-state index contributed by atoms with van der Waals surface area (Å²) in [5.74, 6) is -0.781. The van der Waals surface area contributed by atoms with Crippen molar-refractivity contribution in [3.05, 3.63) is 35.4 Å². The molecule has 0 radical (unpaired) electrons. The van der Waals surface area contributed by atoms with Crippen LogP contribution in [0.5, 0.6) is 0 Å². The normalized spacial score (nSPS) is 22.1. The van der Waals surface area contributed by atoms with Gasteiger partial charge in [-0.25, -0.2) is 0 Å². The van der Waals surface area contributed by atoms with Crippen LogP contribution in [0.25, 0.3) is 0 Å². The molecule has 1 aliphatic rings. The van der Waals surface area contributed by atoms with E-state index in [-0.39, 0.29) is 5.91 Å². The van der Waals surface area contributed by atoms with Gasteiger partial charge in [-0.1, -0.05) is 31.2 Å². The van der Waals surface area contributed by atoms with Crippen LogP contribution in [0.15, 0.2) is 24.3 Å². The third-order valence-electron chi connectivity index (χ3n) is 4.41. The second-order valence-electron chi connectivity index (χ2n) is 6.08. The quantitative estimate of drug-likeness (QED) is 0.926. The van der Waals surface area contributed by atoms with Gasteiger partial charge in [-0.2, -0.15) is 0 Å². The molecule has 21 heavy (non-hydrogen) atoms. The Labute approximate surface area is 125 Å². The van der Waals surface area contributed by atoms with E-state index in [0.717, 1.165) is 18.4 Å². The number of carboxylic acid groups (broad SMARTS) is 1. The molecule has 2 rings (SSSR count). The van der Waals surface area contributed by atoms with Gasteiger partial charge in [0.25, 0.3) is 0 Å². The molecule has 114 valence electrons. The number of piperidine rings is 1. The summed E-state index contributed by atoms with van der Waals surface area (Å²) in [6, 6.07) is 7.95. The van der Waals surface area contributed by atoms with Gasteiger partial charge in [0.15, 0.2) is 0 Å². The molecule has 0 spiro atoms. The molecule has 0 bridgehead atoms. The molecule has 1 aromatic rings. The minimum Gasteiger partial charge on any atom is -0.481 e. The van der Waals surface area contributed by atoms with E-state index in [1.165, 1.54) is 5.56 Å². The van der Waals surface area contributed by atoms with Crippen molar-refractivity contribution in [2.24, 2.45) is 5.41 Å². The Bertz CT molecular complexity index is 541. The van der Waals surface area contributed by atoms with Crippen LogP contribution in [0.1, 0.15) is 37.8 Å². The SMILES string of the molecule is CCc1ccccc1CC(=O)N1CCCC(C)(C(=O)O)C1. The highest BCUT2D eigenvalue weighted by molar-refractivity contribution is 5.81. The summed E-state index contributed by atoms with van der Waals surface area (Å²) >= 11 is 0. The van der Waals surface area contributed by atoms with Crippen molar-refractivity contribution in [1.29, 1.82) is 0 Å². The van der Waals surface area contributed by atoms with E-state index in [4.69, 9.17) is 0 Å². The fraction of sp³-hybridized carbons (Fsp3) is 0.529. The third kappa shape index (κ3) is 3.43. The van der Waals surface area contributed by atoms with Crippen molar-refractivity contribution >= 4 is 11.9 Å². The number of benzene rings is 1. The van der Waals surface area contributed by atoms with Gasteiger partial charge in [-0.15, -0.1) is 0 Å². The lowest BCUT2D eigenvalue weighted by atomic mass is 9.82. The van der Waals surface area contributed by atoms with Crippen molar-refractivity contribution < 1.29 is 14.7 Å². The zero-order chi connectivity index (χ0) is 15.5. The van der Waals surface area contributed by atoms with Gasteiger partial charge >= 0.3 is 5.97 Å². The molecule has 0 aliphatic carbocycles. The standard InChI is InChI=1S/C17H23NO3/c1-3-13-7-4-5-8-14(13)11-15(19)18-10-6-9-17(2,12-18)16(20)21/h4-5,7-8H,3,6,9-12H2,1-2H3,(H,20,21). The molecule has 0 aromatic heterocycles. The van der Waals surface area contributed by atoms with E-state index in [9.17, 15) is 14.7 Å². The van der Waals surface area contributed by atoms with Crippen molar-refractivity contribution in [3.8, 4) is 0 Å². The van der Waals surface area contributed by atoms with Gasteiger partial charge < -0.3 is 10.0 Å². The molecule has 1 aliphatic heterocycles. The summed E-state index contributed by atoms with van der Waals surface area (Å²) in [5, 5.41) is 9.33. The molecule has 1 N–H and O–H groups in total. The van der Waals surface area contributed by atoms with Crippen LogP contribution in [0, 0.1) is 5.41 Å².